The van der Waals surface area contributed by atoms with Gasteiger partial charge in [-0.2, -0.15) is 0 Å². The lowest BCUT2D eigenvalue weighted by Gasteiger charge is -2.08. The Balaban J connectivity index is 2.14. The topological polar surface area (TPSA) is 47.6 Å². The highest BCUT2D eigenvalue weighted by molar-refractivity contribution is 6.35. The third-order valence-electron chi connectivity index (χ3n) is 3.52. The van der Waals surface area contributed by atoms with Gasteiger partial charge in [0.15, 0.2) is 0 Å². The van der Waals surface area contributed by atoms with E-state index in [0.29, 0.717) is 28.2 Å². The van der Waals surface area contributed by atoms with E-state index in [1.165, 1.54) is 6.07 Å². The number of nitrogens with one attached hydrogen (secondary N) is 1. The third kappa shape index (κ3) is 2.30. The Kier molecular flexibility index (Phi) is 3.55. The number of carbonyl (C=O) groups is 1. The highest BCUT2D eigenvalue weighted by atomic mass is 19.1. The number of fused-ring (bicyclic) bond motifs is 1. The van der Waals surface area contributed by atoms with Crippen LogP contribution in [0.15, 0.2) is 36.4 Å². The molecule has 0 bridgehead atoms. The molecule has 1 N–H and O–H groups in total. The second-order valence-corrected chi connectivity index (χ2v) is 4.78. The summed E-state index contributed by atoms with van der Waals surface area (Å²) in [5.41, 5.74) is 1.82. The number of hydrogen-bond acceptors (Lipinski definition) is 3. The number of carbonyl (C=O) groups excluding carboxylic acids is 1. The van der Waals surface area contributed by atoms with Crippen LogP contribution in [0.1, 0.15) is 11.1 Å². The lowest BCUT2D eigenvalue weighted by atomic mass is 10.0. The molecule has 0 atom stereocenters. The highest BCUT2D eigenvalue weighted by Gasteiger charge is 2.26. The summed E-state index contributed by atoms with van der Waals surface area (Å²) >= 11 is 0. The first-order chi connectivity index (χ1) is 10.6. The first-order valence-electron chi connectivity index (χ1n) is 6.68. The molecular weight excluding hydrogens is 285 g/mol. The summed E-state index contributed by atoms with van der Waals surface area (Å²) in [7, 11) is 3.11. The van der Waals surface area contributed by atoms with Crippen LogP contribution in [-0.4, -0.2) is 20.1 Å². The molecule has 22 heavy (non-hydrogen) atoms. The van der Waals surface area contributed by atoms with Gasteiger partial charge in [-0.1, -0.05) is 12.1 Å². The summed E-state index contributed by atoms with van der Waals surface area (Å²) in [5, 5.41) is 2.55. The minimum absolute atomic E-state index is 0.209. The molecule has 4 nitrogen and oxygen atoms in total. The third-order valence-corrected chi connectivity index (χ3v) is 3.52. The summed E-state index contributed by atoms with van der Waals surface area (Å²) in [6.07, 6.45) is 1.67. The van der Waals surface area contributed by atoms with Gasteiger partial charge in [0.2, 0.25) is 0 Å². The fourth-order valence-corrected chi connectivity index (χ4v) is 2.43. The fraction of sp³-hybridized carbons (Fsp3) is 0.118. The lowest BCUT2D eigenvalue weighted by molar-refractivity contribution is -0.110. The molecule has 1 heterocycles. The smallest absolute Gasteiger partial charge is 0.256 e. The van der Waals surface area contributed by atoms with E-state index in [1.54, 1.807) is 50.6 Å². The van der Waals surface area contributed by atoms with Crippen LogP contribution in [-0.2, 0) is 4.79 Å². The number of hydrogen-bond donors (Lipinski definition) is 1. The Morgan fingerprint density at radius 2 is 1.95 bits per heavy atom. The van der Waals surface area contributed by atoms with Crippen LogP contribution < -0.4 is 14.8 Å². The SMILES string of the molecule is COc1ccc(OC)c(/C=C2/C(=O)Nc3c(F)cccc32)c1. The van der Waals surface area contributed by atoms with Crippen LogP contribution in [0.2, 0.25) is 0 Å². The average molecular weight is 299 g/mol. The standard InChI is InChI=1S/C17H14FNO3/c1-21-11-6-7-15(22-2)10(8-11)9-13-12-4-3-5-14(18)16(12)19-17(13)20/h3-9H,1-2H3,(H,19,20)/b13-9+. The highest BCUT2D eigenvalue weighted by Crippen LogP contribution is 2.36. The zero-order valence-electron chi connectivity index (χ0n) is 12.1. The summed E-state index contributed by atoms with van der Waals surface area (Å²) < 4.78 is 24.2. The van der Waals surface area contributed by atoms with E-state index in [-0.39, 0.29) is 11.6 Å². The van der Waals surface area contributed by atoms with E-state index in [4.69, 9.17) is 9.47 Å². The van der Waals surface area contributed by atoms with E-state index in [0.717, 1.165) is 0 Å². The molecule has 0 saturated carbocycles. The second-order valence-electron chi connectivity index (χ2n) is 4.78. The van der Waals surface area contributed by atoms with Crippen LogP contribution in [0.25, 0.3) is 11.6 Å². The van der Waals surface area contributed by atoms with E-state index in [9.17, 15) is 9.18 Å². The van der Waals surface area contributed by atoms with Gasteiger partial charge in [-0.15, -0.1) is 0 Å². The van der Waals surface area contributed by atoms with Gasteiger partial charge in [0.25, 0.3) is 5.91 Å². The van der Waals surface area contributed by atoms with Crippen molar-refractivity contribution in [3.8, 4) is 11.5 Å². The Bertz CT molecular complexity index is 783. The molecule has 1 aliphatic heterocycles. The summed E-state index contributed by atoms with van der Waals surface area (Å²) in [6.45, 7) is 0. The van der Waals surface area contributed by atoms with Crippen molar-refractivity contribution < 1.29 is 18.7 Å². The Hall–Kier alpha value is -2.82. The Morgan fingerprint density at radius 1 is 1.14 bits per heavy atom. The molecule has 3 rings (SSSR count). The van der Waals surface area contributed by atoms with Crippen molar-refractivity contribution in [1.82, 2.24) is 0 Å². The summed E-state index contributed by atoms with van der Waals surface area (Å²) in [4.78, 5) is 12.1. The molecule has 0 aliphatic carbocycles. The number of rotatable bonds is 3. The van der Waals surface area contributed by atoms with Crippen molar-refractivity contribution in [3.05, 3.63) is 53.3 Å². The van der Waals surface area contributed by atoms with Crippen molar-refractivity contribution in [2.45, 2.75) is 0 Å². The molecule has 0 spiro atoms. The van der Waals surface area contributed by atoms with Gasteiger partial charge in [0, 0.05) is 16.7 Å². The maximum atomic E-state index is 13.8. The van der Waals surface area contributed by atoms with Gasteiger partial charge < -0.3 is 14.8 Å². The second kappa shape index (κ2) is 5.52. The van der Waals surface area contributed by atoms with Crippen LogP contribution >= 0.6 is 0 Å². The summed E-state index contributed by atoms with van der Waals surface area (Å²) in [5.74, 6) is 0.452. The van der Waals surface area contributed by atoms with E-state index >= 15 is 0 Å². The van der Waals surface area contributed by atoms with E-state index in [1.807, 2.05) is 0 Å². The molecule has 2 aromatic carbocycles. The monoisotopic (exact) mass is 299 g/mol. The van der Waals surface area contributed by atoms with Crippen LogP contribution in [0.3, 0.4) is 0 Å². The minimum atomic E-state index is -0.452. The molecule has 1 aliphatic rings. The molecule has 0 radical (unpaired) electrons. The minimum Gasteiger partial charge on any atom is -0.497 e. The van der Waals surface area contributed by atoms with Crippen molar-refractivity contribution in [3.63, 3.8) is 0 Å². The van der Waals surface area contributed by atoms with Crippen LogP contribution in [0.4, 0.5) is 10.1 Å². The van der Waals surface area contributed by atoms with Gasteiger partial charge in [0.05, 0.1) is 19.9 Å². The number of ether oxygens (including phenoxy) is 2. The first-order valence-corrected chi connectivity index (χ1v) is 6.68. The molecule has 1 amide bonds. The number of methoxy groups -OCH3 is 2. The number of halogens is 1. The maximum absolute atomic E-state index is 13.8. The molecule has 0 saturated heterocycles. The Morgan fingerprint density at radius 3 is 2.68 bits per heavy atom. The zero-order valence-corrected chi connectivity index (χ0v) is 12.1. The normalized spacial score (nSPS) is 14.7. The molecule has 0 unspecified atom stereocenters. The van der Waals surface area contributed by atoms with E-state index in [2.05, 4.69) is 5.32 Å². The number of amides is 1. The van der Waals surface area contributed by atoms with Gasteiger partial charge in [-0.05, 0) is 30.3 Å². The number of para-hydroxylation sites is 1. The average Bonchev–Trinajstić information content (AvgIpc) is 2.85. The van der Waals surface area contributed by atoms with Gasteiger partial charge in [-0.25, -0.2) is 4.39 Å². The predicted molar refractivity (Wildman–Crippen MR) is 82.4 cm³/mol. The number of benzene rings is 2. The quantitative estimate of drug-likeness (QED) is 0.884. The molecule has 112 valence electrons. The van der Waals surface area contributed by atoms with Crippen molar-refractivity contribution in [1.29, 1.82) is 0 Å². The largest absolute Gasteiger partial charge is 0.497 e. The molecule has 5 heteroatoms. The van der Waals surface area contributed by atoms with Gasteiger partial charge >= 0.3 is 0 Å². The number of anilines is 1. The fourth-order valence-electron chi connectivity index (χ4n) is 2.43. The molecule has 2 aromatic rings. The predicted octanol–water partition coefficient (Wildman–Crippen LogP) is 3.34. The van der Waals surface area contributed by atoms with Gasteiger partial charge in [0.1, 0.15) is 17.3 Å². The van der Waals surface area contributed by atoms with Crippen LogP contribution in [0.5, 0.6) is 11.5 Å². The van der Waals surface area contributed by atoms with E-state index < -0.39 is 5.82 Å². The van der Waals surface area contributed by atoms with Gasteiger partial charge in [-0.3, -0.25) is 4.79 Å². The zero-order chi connectivity index (χ0) is 15.7. The Labute approximate surface area is 127 Å². The first kappa shape index (κ1) is 14.1. The lowest BCUT2D eigenvalue weighted by Crippen LogP contribution is -2.04. The van der Waals surface area contributed by atoms with Crippen molar-refractivity contribution in [2.75, 3.05) is 19.5 Å². The molecule has 0 aromatic heterocycles. The molecule has 0 fully saturated rings. The van der Waals surface area contributed by atoms with Crippen LogP contribution in [0, 0.1) is 5.82 Å². The molecular formula is C17H14FNO3. The maximum Gasteiger partial charge on any atom is 0.256 e. The van der Waals surface area contributed by atoms with Crippen molar-refractivity contribution in [2.24, 2.45) is 0 Å². The summed E-state index contributed by atoms with van der Waals surface area (Å²) in [6, 6.07) is 9.87. The van der Waals surface area contributed by atoms with Crippen molar-refractivity contribution >= 4 is 23.2 Å².